The Morgan fingerprint density at radius 2 is 1.53 bits per heavy atom. The molecule has 4 nitrogen and oxygen atoms in total. The van der Waals surface area contributed by atoms with Crippen LogP contribution in [-0.2, 0) is 4.79 Å². The van der Waals surface area contributed by atoms with Gasteiger partial charge in [-0.1, -0.05) is 72.8 Å². The van der Waals surface area contributed by atoms with Gasteiger partial charge in [-0.3, -0.25) is 4.79 Å². The predicted octanol–water partition coefficient (Wildman–Crippen LogP) is 6.98. The van der Waals surface area contributed by atoms with Crippen molar-refractivity contribution in [2.75, 3.05) is 0 Å². The molecule has 0 saturated heterocycles. The number of allylic oxidation sites excluding steroid dienone is 1. The molecule has 0 amide bonds. The van der Waals surface area contributed by atoms with Gasteiger partial charge in [-0.2, -0.15) is 0 Å². The zero-order chi connectivity index (χ0) is 24.3. The lowest BCUT2D eigenvalue weighted by Gasteiger charge is -2.31. The quantitative estimate of drug-likeness (QED) is 0.221. The van der Waals surface area contributed by atoms with Gasteiger partial charge < -0.3 is 15.3 Å². The summed E-state index contributed by atoms with van der Waals surface area (Å²) in [7, 11) is 0. The molecule has 32 heavy (non-hydrogen) atoms. The van der Waals surface area contributed by atoms with Crippen molar-refractivity contribution in [3.8, 4) is 0 Å². The number of hydrogen-bond donors (Lipinski definition) is 3. The molecule has 0 spiro atoms. The fourth-order valence-electron chi connectivity index (χ4n) is 4.96. The van der Waals surface area contributed by atoms with Crippen LogP contribution in [-0.4, -0.2) is 33.0 Å². The highest BCUT2D eigenvalue weighted by Gasteiger charge is 2.27. The first-order chi connectivity index (χ1) is 14.9. The monoisotopic (exact) mass is 452 g/mol. The van der Waals surface area contributed by atoms with Crippen LogP contribution < -0.4 is 0 Å². The van der Waals surface area contributed by atoms with Crippen LogP contribution >= 0.6 is 0 Å². The van der Waals surface area contributed by atoms with Crippen LogP contribution in [0.25, 0.3) is 0 Å². The van der Waals surface area contributed by atoms with Gasteiger partial charge in [0.2, 0.25) is 0 Å². The molecule has 1 rings (SSSR count). The van der Waals surface area contributed by atoms with E-state index >= 15 is 0 Å². The zero-order valence-electron chi connectivity index (χ0n) is 21.8. The summed E-state index contributed by atoms with van der Waals surface area (Å²) in [4.78, 5) is 10.9. The Morgan fingerprint density at radius 3 is 2.12 bits per heavy atom. The molecule has 0 bridgehead atoms. The molecule has 0 aromatic heterocycles. The molecule has 4 heteroatoms. The summed E-state index contributed by atoms with van der Waals surface area (Å²) in [6.07, 6.45) is 14.1. The third kappa shape index (κ3) is 11.3. The van der Waals surface area contributed by atoms with Crippen LogP contribution in [0, 0.1) is 29.6 Å². The predicted molar refractivity (Wildman–Crippen MR) is 134 cm³/mol. The lowest BCUT2D eigenvalue weighted by molar-refractivity contribution is -0.141. The maximum absolute atomic E-state index is 10.9. The smallest absolute Gasteiger partial charge is 0.306 e. The molecule has 0 radical (unpaired) electrons. The fourth-order valence-corrected chi connectivity index (χ4v) is 4.96. The topological polar surface area (TPSA) is 77.8 Å². The SMILES string of the molecule is CC(CCCC(C)CCC1=CCC(C)C(C)C1O)CCCC(C)(O)CCCC(C)C(=O)O. The highest BCUT2D eigenvalue weighted by molar-refractivity contribution is 5.69. The van der Waals surface area contributed by atoms with Crippen molar-refractivity contribution in [3.05, 3.63) is 11.6 Å². The molecule has 0 aliphatic heterocycles. The van der Waals surface area contributed by atoms with E-state index in [1.165, 1.54) is 31.3 Å². The number of aliphatic hydroxyl groups is 2. The fraction of sp³-hybridized carbons (Fsp3) is 0.893. The first kappa shape index (κ1) is 29.2. The lowest BCUT2D eigenvalue weighted by Crippen LogP contribution is -2.29. The van der Waals surface area contributed by atoms with Gasteiger partial charge in [-0.25, -0.2) is 0 Å². The first-order valence-electron chi connectivity index (χ1n) is 13.2. The maximum Gasteiger partial charge on any atom is 0.306 e. The van der Waals surface area contributed by atoms with Crippen molar-refractivity contribution < 1.29 is 20.1 Å². The van der Waals surface area contributed by atoms with Gasteiger partial charge in [0, 0.05) is 0 Å². The standard InChI is InChI=1S/C28H52O4/c1-20(12-8-18-28(6,32)19-9-13-23(4)27(30)31)10-7-11-21(2)14-16-25-17-15-22(3)24(5)26(25)29/h17,20-24,26,29,32H,7-16,18-19H2,1-6H3,(H,30,31). The third-order valence-corrected chi connectivity index (χ3v) is 8.03. The van der Waals surface area contributed by atoms with Crippen molar-refractivity contribution in [2.24, 2.45) is 29.6 Å². The van der Waals surface area contributed by atoms with Crippen molar-refractivity contribution >= 4 is 5.97 Å². The normalized spacial score (nSPS) is 26.1. The number of aliphatic carboxylic acids is 1. The van der Waals surface area contributed by atoms with Crippen molar-refractivity contribution in [1.82, 2.24) is 0 Å². The summed E-state index contributed by atoms with van der Waals surface area (Å²) in [5.74, 6) is 1.25. The summed E-state index contributed by atoms with van der Waals surface area (Å²) in [5.41, 5.74) is 0.584. The van der Waals surface area contributed by atoms with Crippen LogP contribution in [0.5, 0.6) is 0 Å². The lowest BCUT2D eigenvalue weighted by atomic mass is 9.78. The summed E-state index contributed by atoms with van der Waals surface area (Å²) in [6.45, 7) is 12.7. The van der Waals surface area contributed by atoms with E-state index in [2.05, 4.69) is 33.8 Å². The van der Waals surface area contributed by atoms with E-state index in [0.717, 1.165) is 38.5 Å². The van der Waals surface area contributed by atoms with E-state index in [9.17, 15) is 15.0 Å². The average Bonchev–Trinajstić information content (AvgIpc) is 2.71. The largest absolute Gasteiger partial charge is 0.481 e. The van der Waals surface area contributed by atoms with Crippen molar-refractivity contribution in [1.29, 1.82) is 0 Å². The molecule has 0 aromatic carbocycles. The molecular formula is C28H52O4. The van der Waals surface area contributed by atoms with Gasteiger partial charge >= 0.3 is 5.97 Å². The van der Waals surface area contributed by atoms with E-state index in [1.807, 2.05) is 6.92 Å². The van der Waals surface area contributed by atoms with Gasteiger partial charge in [0.05, 0.1) is 17.6 Å². The highest BCUT2D eigenvalue weighted by atomic mass is 16.4. The van der Waals surface area contributed by atoms with Crippen molar-refractivity contribution in [2.45, 2.75) is 130 Å². The van der Waals surface area contributed by atoms with Crippen LogP contribution in [0.15, 0.2) is 11.6 Å². The first-order valence-corrected chi connectivity index (χ1v) is 13.2. The molecule has 188 valence electrons. The second-order valence-electron chi connectivity index (χ2n) is 11.5. The molecule has 1 aliphatic rings. The Hall–Kier alpha value is -0.870. The summed E-state index contributed by atoms with van der Waals surface area (Å²) >= 11 is 0. The second kappa shape index (κ2) is 14.4. The Bertz CT molecular complexity index is 568. The van der Waals surface area contributed by atoms with E-state index < -0.39 is 11.6 Å². The van der Waals surface area contributed by atoms with E-state index in [4.69, 9.17) is 5.11 Å². The summed E-state index contributed by atoms with van der Waals surface area (Å²) < 4.78 is 0. The number of carboxylic acid groups (broad SMARTS) is 1. The minimum Gasteiger partial charge on any atom is -0.481 e. The van der Waals surface area contributed by atoms with Crippen LogP contribution in [0.4, 0.5) is 0 Å². The number of hydrogen-bond acceptors (Lipinski definition) is 3. The molecule has 7 unspecified atom stereocenters. The average molecular weight is 453 g/mol. The Kier molecular flexibility index (Phi) is 13.1. The van der Waals surface area contributed by atoms with Gasteiger partial charge in [0.1, 0.15) is 0 Å². The van der Waals surface area contributed by atoms with E-state index in [0.29, 0.717) is 36.5 Å². The van der Waals surface area contributed by atoms with Gasteiger partial charge in [0.15, 0.2) is 0 Å². The number of rotatable bonds is 16. The highest BCUT2D eigenvalue weighted by Crippen LogP contribution is 2.33. The van der Waals surface area contributed by atoms with Gasteiger partial charge in [0.25, 0.3) is 0 Å². The Labute approximate surface area is 197 Å². The number of carboxylic acids is 1. The molecular weight excluding hydrogens is 400 g/mol. The van der Waals surface area contributed by atoms with Crippen LogP contribution in [0.2, 0.25) is 0 Å². The van der Waals surface area contributed by atoms with E-state index in [-0.39, 0.29) is 12.0 Å². The third-order valence-electron chi connectivity index (χ3n) is 8.03. The van der Waals surface area contributed by atoms with E-state index in [1.54, 1.807) is 6.92 Å². The number of aliphatic hydroxyl groups excluding tert-OH is 1. The number of carbonyl (C=O) groups is 1. The second-order valence-corrected chi connectivity index (χ2v) is 11.5. The molecule has 7 atom stereocenters. The van der Waals surface area contributed by atoms with Crippen molar-refractivity contribution in [3.63, 3.8) is 0 Å². The Balaban J connectivity index is 2.15. The van der Waals surface area contributed by atoms with Gasteiger partial charge in [-0.15, -0.1) is 0 Å². The summed E-state index contributed by atoms with van der Waals surface area (Å²) in [5, 5.41) is 30.0. The molecule has 0 heterocycles. The minimum atomic E-state index is -0.749. The zero-order valence-corrected chi connectivity index (χ0v) is 21.8. The molecule has 1 aliphatic carbocycles. The maximum atomic E-state index is 10.9. The molecule has 0 aromatic rings. The molecule has 0 fully saturated rings. The van der Waals surface area contributed by atoms with Crippen LogP contribution in [0.3, 0.4) is 0 Å². The van der Waals surface area contributed by atoms with Gasteiger partial charge in [-0.05, 0) is 81.1 Å². The summed E-state index contributed by atoms with van der Waals surface area (Å²) in [6, 6.07) is 0. The Morgan fingerprint density at radius 1 is 1.00 bits per heavy atom. The molecule has 0 saturated carbocycles. The minimum absolute atomic E-state index is 0.247. The van der Waals surface area contributed by atoms with Crippen LogP contribution in [0.1, 0.15) is 119 Å². The molecule has 3 N–H and O–H groups in total.